The Bertz CT molecular complexity index is 147. The van der Waals surface area contributed by atoms with Crippen LogP contribution in [0.5, 0.6) is 0 Å². The molecule has 0 heterocycles. The van der Waals surface area contributed by atoms with E-state index in [1.807, 2.05) is 0 Å². The molecule has 0 aromatic rings. The van der Waals surface area contributed by atoms with Crippen LogP contribution in [0.15, 0.2) is 16.7 Å². The number of rotatable bonds is 2. The van der Waals surface area contributed by atoms with Crippen LogP contribution in [-0.2, 0) is 4.79 Å². The first-order valence-electron chi connectivity index (χ1n) is 2.50. The third-order valence-corrected chi connectivity index (χ3v) is 1.40. The number of aliphatic carboxylic acids is 1. The summed E-state index contributed by atoms with van der Waals surface area (Å²) in [4.78, 5) is 12.3. The largest absolute Gasteiger partial charge is 0.478 e. The van der Waals surface area contributed by atoms with Crippen molar-refractivity contribution in [1.29, 1.82) is 0 Å². The van der Waals surface area contributed by atoms with E-state index in [0.717, 1.165) is 8.52 Å². The highest BCUT2D eigenvalue weighted by atomic mass is 31.1. The summed E-state index contributed by atoms with van der Waals surface area (Å²) in [5.74, 6) is -0.935. The van der Waals surface area contributed by atoms with Crippen molar-refractivity contribution in [3.8, 4) is 0 Å². The highest BCUT2D eigenvalue weighted by Gasteiger charge is 1.90. The lowest BCUT2D eigenvalue weighted by Gasteiger charge is -1.79. The number of carbonyl (C=O) groups is 1. The maximum atomic E-state index is 9.60. The van der Waals surface area contributed by atoms with Crippen LogP contribution < -0.4 is 4.86 Å². The molecule has 0 fully saturated rings. The molecule has 2 atom stereocenters. The summed E-state index contributed by atoms with van der Waals surface area (Å²) in [5.41, 5.74) is 0.176. The Morgan fingerprint density at radius 3 is 2.18 bits per heavy atom. The summed E-state index contributed by atoms with van der Waals surface area (Å²) in [6.45, 7) is 4.60. The van der Waals surface area contributed by atoms with E-state index in [1.54, 1.807) is 0 Å². The van der Waals surface area contributed by atoms with Gasteiger partial charge in [0.15, 0.2) is 0 Å². The predicted octanol–water partition coefficient (Wildman–Crippen LogP) is 1.85. The topological polar surface area (TPSA) is 61.7 Å². The Morgan fingerprint density at radius 2 is 2.18 bits per heavy atom. The highest BCUT2D eigenvalue weighted by Crippen LogP contribution is 1.98. The summed E-state index contributed by atoms with van der Waals surface area (Å²) >= 11 is 0. The highest BCUT2D eigenvalue weighted by molar-refractivity contribution is 7.41. The molecule has 0 aliphatic rings. The predicted molar refractivity (Wildman–Crippen MR) is 54.4 cm³/mol. The molecule has 0 aliphatic heterocycles. The lowest BCUT2D eigenvalue weighted by atomic mass is 10.4. The maximum Gasteiger partial charge on any atom is 0.330 e. The van der Waals surface area contributed by atoms with Gasteiger partial charge in [0.25, 0.3) is 0 Å². The van der Waals surface area contributed by atoms with E-state index in [2.05, 4.69) is 34.7 Å². The third-order valence-electron chi connectivity index (χ3n) is 0.481. The molecule has 0 aliphatic carbocycles. The van der Waals surface area contributed by atoms with E-state index in [0.29, 0.717) is 0 Å². The molecule has 2 N–H and O–H groups in total. The fraction of sp³-hybridized carbons (Fsp3) is 0.250. The van der Waals surface area contributed by atoms with Crippen molar-refractivity contribution in [2.75, 3.05) is 0 Å². The normalized spacial score (nSPS) is 8.64. The molecule has 0 saturated carbocycles. The second-order valence-corrected chi connectivity index (χ2v) is 3.59. The van der Waals surface area contributed by atoms with Crippen LogP contribution in [0, 0.1) is 0 Å². The van der Waals surface area contributed by atoms with E-state index in [9.17, 15) is 4.79 Å². The molecule has 0 saturated heterocycles. The average Bonchev–Trinajstić information content (AvgIpc) is 1.90. The van der Waals surface area contributed by atoms with Gasteiger partial charge in [0.1, 0.15) is 0 Å². The van der Waals surface area contributed by atoms with Crippen LogP contribution in [-0.4, -0.2) is 11.1 Å². The Balaban J connectivity index is 0. The summed E-state index contributed by atoms with van der Waals surface area (Å²) in [5, 5.41) is 7.89. The number of carboxylic acids is 1. The van der Waals surface area contributed by atoms with Crippen molar-refractivity contribution < 1.29 is 9.90 Å². The summed E-state index contributed by atoms with van der Waals surface area (Å²) < 4.78 is 3.61. The van der Waals surface area contributed by atoms with Crippen LogP contribution >= 0.6 is 27.3 Å². The Hall–Kier alpha value is 0.130. The Labute approximate surface area is 72.3 Å². The van der Waals surface area contributed by atoms with Gasteiger partial charge in [-0.25, -0.2) is 14.2 Å². The van der Waals surface area contributed by atoms with Gasteiger partial charge in [-0.2, -0.15) is 0 Å². The molecule has 0 radical (unpaired) electrons. The number of hydrogen-bond donors (Lipinski definition) is 2. The van der Waals surface area contributed by atoms with Crippen LogP contribution in [0.1, 0.15) is 6.92 Å². The van der Waals surface area contributed by atoms with Gasteiger partial charge in [0.2, 0.25) is 0 Å². The molecule has 4 nitrogen and oxygen atoms in total. The van der Waals surface area contributed by atoms with Gasteiger partial charge >= 0.3 is 5.97 Å². The van der Waals surface area contributed by atoms with Crippen LogP contribution in [0.2, 0.25) is 0 Å². The van der Waals surface area contributed by atoms with E-state index in [-0.39, 0.29) is 5.57 Å². The minimum Gasteiger partial charge on any atom is -0.478 e. The van der Waals surface area contributed by atoms with E-state index < -0.39 is 5.97 Å². The van der Waals surface area contributed by atoms with Crippen molar-refractivity contribution >= 4 is 33.3 Å². The molecule has 0 aromatic heterocycles. The van der Waals surface area contributed by atoms with Crippen LogP contribution in [0.3, 0.4) is 0 Å². The van der Waals surface area contributed by atoms with Crippen LogP contribution in [0.25, 0.3) is 0 Å². The minimum absolute atomic E-state index is 0.176. The van der Waals surface area contributed by atoms with Crippen molar-refractivity contribution in [1.82, 2.24) is 4.86 Å². The molecule has 11 heavy (non-hydrogen) atoms. The SMILES string of the molecule is C=C(C)C(=O)O.PN=PNP. The van der Waals surface area contributed by atoms with Crippen molar-refractivity contribution in [3.63, 3.8) is 0 Å². The zero-order valence-electron chi connectivity index (χ0n) is 6.11. The summed E-state index contributed by atoms with van der Waals surface area (Å²) in [7, 11) is 5.45. The first-order valence-corrected chi connectivity index (χ1v) is 4.44. The fourth-order valence-electron chi connectivity index (χ4n) is 0.0333. The van der Waals surface area contributed by atoms with Gasteiger partial charge in [0, 0.05) is 5.57 Å². The van der Waals surface area contributed by atoms with E-state index in [1.165, 1.54) is 6.92 Å². The van der Waals surface area contributed by atoms with Gasteiger partial charge < -0.3 is 5.11 Å². The van der Waals surface area contributed by atoms with Crippen molar-refractivity contribution in [3.05, 3.63) is 12.2 Å². The quantitative estimate of drug-likeness (QED) is 0.542. The van der Waals surface area contributed by atoms with E-state index >= 15 is 0 Å². The second-order valence-electron chi connectivity index (χ2n) is 1.43. The molecule has 2 unspecified atom stereocenters. The number of carboxylic acid groups (broad SMARTS) is 1. The van der Waals surface area contributed by atoms with Gasteiger partial charge in [-0.05, 0) is 16.3 Å². The smallest absolute Gasteiger partial charge is 0.330 e. The Morgan fingerprint density at radius 1 is 1.82 bits per heavy atom. The Kier molecular flexibility index (Phi) is 12.6. The first-order chi connectivity index (χ1) is 5.06. The van der Waals surface area contributed by atoms with Gasteiger partial charge in [0.05, 0.1) is 8.52 Å². The fourth-order valence-corrected chi connectivity index (χ4v) is 0.900. The maximum absolute atomic E-state index is 9.60. The molecule has 0 rings (SSSR count). The first kappa shape index (κ1) is 13.7. The standard InChI is InChI=1S/C4H6O2.H5N2P3/c1-3(2)4(5)6;3-1-5-2-4/h1H2,2H3,(H,5,6);3-4H2,(H,1,2). The minimum atomic E-state index is -0.935. The van der Waals surface area contributed by atoms with Crippen LogP contribution in [0.4, 0.5) is 0 Å². The lowest BCUT2D eigenvalue weighted by molar-refractivity contribution is -0.132. The second kappa shape index (κ2) is 10.1. The molecule has 64 valence electrons. The average molecular weight is 212 g/mol. The van der Waals surface area contributed by atoms with Crippen molar-refractivity contribution in [2.24, 2.45) is 4.52 Å². The van der Waals surface area contributed by atoms with Gasteiger partial charge in [-0.3, -0.25) is 0 Å². The molecular formula is C4H11N2O2P3. The van der Waals surface area contributed by atoms with Gasteiger partial charge in [-0.15, -0.1) is 0 Å². The summed E-state index contributed by atoms with van der Waals surface area (Å²) in [6, 6.07) is 0. The zero-order valence-corrected chi connectivity index (χ0v) is 9.32. The van der Waals surface area contributed by atoms with Gasteiger partial charge in [-0.1, -0.05) is 16.0 Å². The van der Waals surface area contributed by atoms with E-state index in [4.69, 9.17) is 5.11 Å². The molecular weight excluding hydrogens is 201 g/mol. The lowest BCUT2D eigenvalue weighted by Crippen LogP contribution is -1.92. The van der Waals surface area contributed by atoms with Crippen molar-refractivity contribution in [2.45, 2.75) is 6.92 Å². The monoisotopic (exact) mass is 212 g/mol. The molecule has 0 aromatic carbocycles. The molecule has 0 bridgehead atoms. The molecule has 7 heteroatoms. The molecule has 0 spiro atoms. The summed E-state index contributed by atoms with van der Waals surface area (Å²) in [6.07, 6.45) is 0. The number of nitrogens with zero attached hydrogens (tertiary/aromatic N) is 1. The molecule has 0 amide bonds. The number of hydrogen-bond acceptors (Lipinski definition) is 2. The third kappa shape index (κ3) is 17.8. The number of nitrogens with one attached hydrogen (secondary N) is 1. The zero-order chi connectivity index (χ0) is 9.28.